The van der Waals surface area contributed by atoms with E-state index in [-0.39, 0.29) is 6.79 Å². The first-order chi connectivity index (χ1) is 13.7. The Morgan fingerprint density at radius 2 is 1.57 bits per heavy atom. The van der Waals surface area contributed by atoms with E-state index in [1.807, 2.05) is 0 Å². The smallest absolute Gasteiger partial charge is 0.269 e. The number of ether oxygens (including phenoxy) is 3. The first kappa shape index (κ1) is 19.5. The molecule has 0 saturated carbocycles. The van der Waals surface area contributed by atoms with Crippen LogP contribution in [0.15, 0.2) is 42.5 Å². The summed E-state index contributed by atoms with van der Waals surface area (Å²) in [4.78, 5) is 24.4. The number of unbranched alkanes of at least 4 members (excludes halogenated alkanes) is 3. The van der Waals surface area contributed by atoms with E-state index in [1.54, 1.807) is 42.5 Å². The van der Waals surface area contributed by atoms with Crippen molar-refractivity contribution in [1.82, 2.24) is 10.9 Å². The molecule has 0 aromatic heterocycles. The Bertz CT molecular complexity index is 820. The Hall–Kier alpha value is -3.22. The first-order valence-corrected chi connectivity index (χ1v) is 9.40. The number of benzene rings is 2. The fourth-order valence-electron chi connectivity index (χ4n) is 2.72. The highest BCUT2D eigenvalue weighted by Crippen LogP contribution is 2.32. The van der Waals surface area contributed by atoms with Crippen LogP contribution >= 0.6 is 0 Å². The predicted octanol–water partition coefficient (Wildman–Crippen LogP) is 3.45. The fourth-order valence-corrected chi connectivity index (χ4v) is 2.72. The van der Waals surface area contributed by atoms with Gasteiger partial charge in [0.2, 0.25) is 6.79 Å². The Kier molecular flexibility index (Phi) is 6.73. The van der Waals surface area contributed by atoms with E-state index in [0.717, 1.165) is 18.6 Å². The van der Waals surface area contributed by atoms with Crippen LogP contribution in [0.5, 0.6) is 17.2 Å². The molecule has 0 bridgehead atoms. The fraction of sp³-hybridized carbons (Fsp3) is 0.333. The molecule has 1 aliphatic heterocycles. The van der Waals surface area contributed by atoms with Gasteiger partial charge in [-0.2, -0.15) is 0 Å². The van der Waals surface area contributed by atoms with Crippen LogP contribution < -0.4 is 25.1 Å². The number of nitrogens with one attached hydrogen (secondary N) is 2. The third-order valence-electron chi connectivity index (χ3n) is 4.31. The lowest BCUT2D eigenvalue weighted by atomic mass is 10.2. The van der Waals surface area contributed by atoms with Crippen molar-refractivity contribution in [3.63, 3.8) is 0 Å². The highest BCUT2D eigenvalue weighted by Gasteiger charge is 2.16. The first-order valence-electron chi connectivity index (χ1n) is 9.40. The monoisotopic (exact) mass is 384 g/mol. The Labute approximate surface area is 164 Å². The summed E-state index contributed by atoms with van der Waals surface area (Å²) >= 11 is 0. The van der Waals surface area contributed by atoms with Crippen molar-refractivity contribution < 1.29 is 23.8 Å². The molecule has 0 aliphatic carbocycles. The summed E-state index contributed by atoms with van der Waals surface area (Å²) in [5, 5.41) is 0. The van der Waals surface area contributed by atoms with Gasteiger partial charge in [0, 0.05) is 11.1 Å². The second-order valence-corrected chi connectivity index (χ2v) is 6.41. The van der Waals surface area contributed by atoms with Gasteiger partial charge >= 0.3 is 0 Å². The zero-order valence-corrected chi connectivity index (χ0v) is 15.8. The van der Waals surface area contributed by atoms with Crippen LogP contribution in [0.2, 0.25) is 0 Å². The maximum Gasteiger partial charge on any atom is 0.269 e. The van der Waals surface area contributed by atoms with Crippen molar-refractivity contribution in [1.29, 1.82) is 0 Å². The third kappa shape index (κ3) is 5.16. The summed E-state index contributed by atoms with van der Waals surface area (Å²) in [7, 11) is 0. The molecule has 1 heterocycles. The number of hydrogen-bond donors (Lipinski definition) is 2. The van der Waals surface area contributed by atoms with Crippen molar-refractivity contribution in [3.05, 3.63) is 53.6 Å². The van der Waals surface area contributed by atoms with Crippen molar-refractivity contribution >= 4 is 11.8 Å². The molecule has 0 radical (unpaired) electrons. The Balaban J connectivity index is 1.46. The highest BCUT2D eigenvalue weighted by atomic mass is 16.7. The number of carbonyl (C=O) groups excluding carboxylic acids is 2. The highest BCUT2D eigenvalue weighted by molar-refractivity contribution is 5.99. The van der Waals surface area contributed by atoms with Crippen LogP contribution in [0.4, 0.5) is 0 Å². The van der Waals surface area contributed by atoms with Crippen LogP contribution in [0, 0.1) is 0 Å². The molecule has 7 heteroatoms. The minimum Gasteiger partial charge on any atom is -0.494 e. The number of hydrogen-bond acceptors (Lipinski definition) is 5. The van der Waals surface area contributed by atoms with Gasteiger partial charge in [0.1, 0.15) is 5.75 Å². The van der Waals surface area contributed by atoms with Crippen molar-refractivity contribution in [2.45, 2.75) is 32.6 Å². The van der Waals surface area contributed by atoms with Crippen LogP contribution in [0.1, 0.15) is 53.3 Å². The standard InChI is InChI=1S/C21H24N2O5/c1-2-3-4-5-12-26-17-9-6-15(7-10-17)20(24)22-23-21(25)16-8-11-18-19(13-16)28-14-27-18/h6-11,13H,2-5,12,14H2,1H3,(H,22,24)(H,23,25). The normalized spacial score (nSPS) is 11.8. The molecular formula is C21H24N2O5. The second kappa shape index (κ2) is 9.64. The molecule has 1 aliphatic rings. The molecule has 2 aromatic carbocycles. The van der Waals surface area contributed by atoms with E-state index in [0.29, 0.717) is 29.2 Å². The molecule has 0 fully saturated rings. The van der Waals surface area contributed by atoms with Crippen molar-refractivity contribution in [2.75, 3.05) is 13.4 Å². The van der Waals surface area contributed by atoms with Crippen molar-refractivity contribution in [3.8, 4) is 17.2 Å². The maximum absolute atomic E-state index is 12.2. The number of carbonyl (C=O) groups is 2. The summed E-state index contributed by atoms with van der Waals surface area (Å²) in [6.07, 6.45) is 4.57. The summed E-state index contributed by atoms with van der Waals surface area (Å²) in [5.74, 6) is 0.956. The van der Waals surface area contributed by atoms with E-state index in [4.69, 9.17) is 14.2 Å². The molecule has 2 aromatic rings. The molecule has 7 nitrogen and oxygen atoms in total. The summed E-state index contributed by atoms with van der Waals surface area (Å²) < 4.78 is 16.1. The van der Waals surface area contributed by atoms with E-state index in [2.05, 4.69) is 17.8 Å². The summed E-state index contributed by atoms with van der Waals surface area (Å²) in [6.45, 7) is 2.97. The zero-order valence-electron chi connectivity index (χ0n) is 15.8. The SMILES string of the molecule is CCCCCCOc1ccc(C(=O)NNC(=O)c2ccc3c(c2)OCO3)cc1. The zero-order chi connectivity index (χ0) is 19.8. The van der Waals surface area contributed by atoms with Gasteiger partial charge in [0.15, 0.2) is 11.5 Å². The number of rotatable bonds is 8. The van der Waals surface area contributed by atoms with Gasteiger partial charge < -0.3 is 14.2 Å². The van der Waals surface area contributed by atoms with Crippen LogP contribution in [-0.2, 0) is 0 Å². The lowest BCUT2D eigenvalue weighted by Crippen LogP contribution is -2.41. The predicted molar refractivity (Wildman–Crippen MR) is 104 cm³/mol. The Morgan fingerprint density at radius 1 is 0.893 bits per heavy atom. The minimum absolute atomic E-state index is 0.135. The molecule has 2 amide bonds. The van der Waals surface area contributed by atoms with E-state index in [9.17, 15) is 9.59 Å². The molecule has 0 saturated heterocycles. The third-order valence-corrected chi connectivity index (χ3v) is 4.31. The largest absolute Gasteiger partial charge is 0.494 e. The summed E-state index contributed by atoms with van der Waals surface area (Å²) in [5.41, 5.74) is 5.57. The average Bonchev–Trinajstić information content (AvgIpc) is 3.20. The van der Waals surface area contributed by atoms with Crippen LogP contribution in [0.25, 0.3) is 0 Å². The lowest BCUT2D eigenvalue weighted by Gasteiger charge is -2.09. The van der Waals surface area contributed by atoms with Gasteiger partial charge in [-0.1, -0.05) is 26.2 Å². The Morgan fingerprint density at radius 3 is 2.32 bits per heavy atom. The summed E-state index contributed by atoms with van der Waals surface area (Å²) in [6, 6.07) is 11.6. The van der Waals surface area contributed by atoms with Crippen LogP contribution in [-0.4, -0.2) is 25.2 Å². The second-order valence-electron chi connectivity index (χ2n) is 6.41. The number of hydrazine groups is 1. The van der Waals surface area contributed by atoms with E-state index in [1.165, 1.54) is 12.8 Å². The topological polar surface area (TPSA) is 85.9 Å². The van der Waals surface area contributed by atoms with Crippen molar-refractivity contribution in [2.24, 2.45) is 0 Å². The molecule has 3 rings (SSSR count). The van der Waals surface area contributed by atoms with Gasteiger partial charge in [-0.05, 0) is 48.9 Å². The minimum atomic E-state index is -0.446. The van der Waals surface area contributed by atoms with Crippen LogP contribution in [0.3, 0.4) is 0 Å². The quantitative estimate of drug-likeness (QED) is 0.538. The number of fused-ring (bicyclic) bond motifs is 1. The van der Waals surface area contributed by atoms with E-state index < -0.39 is 11.8 Å². The van der Waals surface area contributed by atoms with Gasteiger partial charge in [-0.25, -0.2) is 0 Å². The molecule has 0 spiro atoms. The molecule has 148 valence electrons. The van der Waals surface area contributed by atoms with Gasteiger partial charge in [0.25, 0.3) is 11.8 Å². The maximum atomic E-state index is 12.2. The van der Waals surface area contributed by atoms with Gasteiger partial charge in [-0.3, -0.25) is 20.4 Å². The van der Waals surface area contributed by atoms with Gasteiger partial charge in [0.05, 0.1) is 6.61 Å². The lowest BCUT2D eigenvalue weighted by molar-refractivity contribution is 0.0846. The molecule has 0 unspecified atom stereocenters. The molecule has 28 heavy (non-hydrogen) atoms. The number of amides is 2. The molecule has 2 N–H and O–H groups in total. The molecule has 0 atom stereocenters. The average molecular weight is 384 g/mol. The van der Waals surface area contributed by atoms with Gasteiger partial charge in [-0.15, -0.1) is 0 Å². The van der Waals surface area contributed by atoms with E-state index >= 15 is 0 Å². The molecular weight excluding hydrogens is 360 g/mol.